The predicted octanol–water partition coefficient (Wildman–Crippen LogP) is 3.37. The maximum Gasteiger partial charge on any atom is 0.245 e. The van der Waals surface area contributed by atoms with Crippen molar-refractivity contribution in [1.82, 2.24) is 0 Å². The van der Waals surface area contributed by atoms with Crippen LogP contribution in [0, 0.1) is 20.2 Å². The molecule has 0 heterocycles. The van der Waals surface area contributed by atoms with E-state index in [2.05, 4.69) is 6.92 Å². The Kier molecular flexibility index (Phi) is 15.9. The highest BCUT2D eigenvalue weighted by molar-refractivity contribution is 5.50. The summed E-state index contributed by atoms with van der Waals surface area (Å²) in [5.74, 6) is 0. The lowest BCUT2D eigenvalue weighted by Crippen LogP contribution is -2.43. The predicted molar refractivity (Wildman–Crippen MR) is 109 cm³/mol. The molecule has 0 aliphatic heterocycles. The number of allylic oxidation sites excluding steroid dienone is 1. The summed E-state index contributed by atoms with van der Waals surface area (Å²) in [6.07, 6.45) is 9.33. The van der Waals surface area contributed by atoms with E-state index in [-0.39, 0.29) is 12.8 Å². The van der Waals surface area contributed by atoms with Gasteiger partial charge in [0.1, 0.15) is 12.2 Å². The number of carbonyl (C=O) groups excluding carboxylic acids is 1. The van der Waals surface area contributed by atoms with Gasteiger partial charge in [-0.15, -0.1) is 0 Å². The second kappa shape index (κ2) is 17.0. The number of hydrogen-bond acceptors (Lipinski definition) is 7. The fraction of sp³-hybridized carbons (Fsp3) is 0.850. The molecule has 0 bridgehead atoms. The highest BCUT2D eigenvalue weighted by atomic mass is 16.6. The third kappa shape index (κ3) is 13.1. The van der Waals surface area contributed by atoms with Crippen molar-refractivity contribution in [1.29, 1.82) is 0 Å². The molecule has 4 unspecified atom stereocenters. The zero-order valence-electron chi connectivity index (χ0n) is 17.3. The minimum absolute atomic E-state index is 0.0477. The molecule has 0 aromatic carbocycles. The van der Waals surface area contributed by atoms with Crippen molar-refractivity contribution in [3.8, 4) is 0 Å². The lowest BCUT2D eigenvalue weighted by Gasteiger charge is -2.20. The van der Waals surface area contributed by atoms with Gasteiger partial charge >= 0.3 is 0 Å². The third-order valence-corrected chi connectivity index (χ3v) is 4.96. The first-order valence-corrected chi connectivity index (χ1v) is 10.5. The van der Waals surface area contributed by atoms with Gasteiger partial charge in [0.15, 0.2) is 6.29 Å². The molecule has 29 heavy (non-hydrogen) atoms. The van der Waals surface area contributed by atoms with Gasteiger partial charge in [-0.3, -0.25) is 25.0 Å². The normalized spacial score (nSPS) is 15.7. The molecule has 9 nitrogen and oxygen atoms in total. The Labute approximate surface area is 172 Å². The number of unbranched alkanes of at least 4 members (excludes halogenated alkanes) is 7. The molecule has 0 aliphatic rings. The first-order valence-electron chi connectivity index (χ1n) is 10.5. The average molecular weight is 416 g/mol. The van der Waals surface area contributed by atoms with Gasteiger partial charge in [-0.05, 0) is 32.1 Å². The molecule has 167 valence electrons. The van der Waals surface area contributed by atoms with E-state index >= 15 is 0 Å². The fourth-order valence-electron chi connectivity index (χ4n) is 3.13. The summed E-state index contributed by atoms with van der Waals surface area (Å²) < 4.78 is 0. The summed E-state index contributed by atoms with van der Waals surface area (Å²) in [5.41, 5.74) is 0. The van der Waals surface area contributed by atoms with Crippen molar-refractivity contribution in [2.75, 3.05) is 0 Å². The molecule has 9 heteroatoms. The molecule has 0 saturated carbocycles. The van der Waals surface area contributed by atoms with Crippen molar-refractivity contribution in [3.05, 3.63) is 32.4 Å². The van der Waals surface area contributed by atoms with Gasteiger partial charge in [-0.1, -0.05) is 51.2 Å². The maximum absolute atomic E-state index is 11.3. The molecule has 4 atom stereocenters. The molecular weight excluding hydrogens is 380 g/mol. The molecule has 0 aromatic rings. The van der Waals surface area contributed by atoms with Gasteiger partial charge in [0.25, 0.3) is 0 Å². The van der Waals surface area contributed by atoms with E-state index in [0.717, 1.165) is 32.1 Å². The molecule has 0 amide bonds. The van der Waals surface area contributed by atoms with Crippen LogP contribution in [0.2, 0.25) is 0 Å². The van der Waals surface area contributed by atoms with Crippen LogP contribution in [-0.4, -0.2) is 50.6 Å². The lowest BCUT2D eigenvalue weighted by atomic mass is 9.94. The number of hydrogen-bond donors (Lipinski definition) is 2. The quantitative estimate of drug-likeness (QED) is 0.142. The van der Waals surface area contributed by atoms with Crippen LogP contribution in [0.4, 0.5) is 0 Å². The number of nitro groups is 2. The standard InChI is InChI=1S/C20H35N2O7/c1-2-3-4-5-7-10-13-19(24)17(21(26)27)16-18(22(28)29)20(25)14-11-8-6-9-12-15-23/h7,10,17-20,24-25H,2-6,8-9,11-14,16H2,1H3/b10-7-. The molecule has 0 saturated heterocycles. The van der Waals surface area contributed by atoms with E-state index in [4.69, 9.17) is 0 Å². The van der Waals surface area contributed by atoms with Crippen molar-refractivity contribution in [3.63, 3.8) is 0 Å². The van der Waals surface area contributed by atoms with Crippen LogP contribution < -0.4 is 0 Å². The highest BCUT2D eigenvalue weighted by Gasteiger charge is 2.40. The number of aliphatic hydroxyl groups is 2. The first-order chi connectivity index (χ1) is 13.8. The summed E-state index contributed by atoms with van der Waals surface area (Å²) in [6.45, 7) is 2.09. The van der Waals surface area contributed by atoms with E-state index in [1.54, 1.807) is 12.4 Å². The Morgan fingerprint density at radius 2 is 1.52 bits per heavy atom. The zero-order valence-corrected chi connectivity index (χ0v) is 17.3. The number of aliphatic hydroxyl groups excluding tert-OH is 2. The molecule has 0 aromatic heterocycles. The van der Waals surface area contributed by atoms with Crippen LogP contribution in [0.15, 0.2) is 12.2 Å². The molecule has 0 aliphatic carbocycles. The van der Waals surface area contributed by atoms with Crippen LogP contribution >= 0.6 is 0 Å². The van der Waals surface area contributed by atoms with Crippen LogP contribution in [0.5, 0.6) is 0 Å². The Morgan fingerprint density at radius 3 is 2.10 bits per heavy atom. The van der Waals surface area contributed by atoms with Crippen LogP contribution in [-0.2, 0) is 4.79 Å². The summed E-state index contributed by atoms with van der Waals surface area (Å²) in [5, 5.41) is 43.0. The van der Waals surface area contributed by atoms with E-state index < -0.39 is 40.6 Å². The van der Waals surface area contributed by atoms with Gasteiger partial charge in [0.05, 0.1) is 6.42 Å². The van der Waals surface area contributed by atoms with Gasteiger partial charge in [0.2, 0.25) is 12.1 Å². The summed E-state index contributed by atoms with van der Waals surface area (Å²) in [4.78, 5) is 31.4. The SMILES string of the molecule is CCCCC/C=C\CC(O)C(CC(C(O)CCCCCC[C]=O)[N+](=O)[O-])[N+](=O)[O-]. The zero-order chi connectivity index (χ0) is 22.1. The fourth-order valence-corrected chi connectivity index (χ4v) is 3.13. The van der Waals surface area contributed by atoms with E-state index in [9.17, 15) is 35.2 Å². The molecule has 0 fully saturated rings. The number of rotatable bonds is 19. The molecule has 0 spiro atoms. The van der Waals surface area contributed by atoms with Crippen molar-refractivity contribution in [2.24, 2.45) is 0 Å². The minimum Gasteiger partial charge on any atom is -0.386 e. The van der Waals surface area contributed by atoms with Crippen molar-refractivity contribution < 1.29 is 24.9 Å². The summed E-state index contributed by atoms with van der Waals surface area (Å²) in [6, 6.07) is -3.01. The van der Waals surface area contributed by atoms with Crippen LogP contribution in [0.3, 0.4) is 0 Å². The molecule has 0 rings (SSSR count). The van der Waals surface area contributed by atoms with Crippen molar-refractivity contribution >= 4 is 6.29 Å². The van der Waals surface area contributed by atoms with Crippen LogP contribution in [0.1, 0.15) is 84.0 Å². The number of nitrogens with zero attached hydrogens (tertiary/aromatic N) is 2. The second-order valence-electron chi connectivity index (χ2n) is 7.38. The average Bonchev–Trinajstić information content (AvgIpc) is 2.66. The highest BCUT2D eigenvalue weighted by Crippen LogP contribution is 2.19. The van der Waals surface area contributed by atoms with Gasteiger partial charge in [0, 0.05) is 16.3 Å². The lowest BCUT2D eigenvalue weighted by molar-refractivity contribution is -0.573. The van der Waals surface area contributed by atoms with E-state index in [0.29, 0.717) is 25.7 Å². The Hall–Kier alpha value is -1.87. The Morgan fingerprint density at radius 1 is 0.897 bits per heavy atom. The molecule has 1 radical (unpaired) electrons. The molecule has 2 N–H and O–H groups in total. The first kappa shape index (κ1) is 27.1. The van der Waals surface area contributed by atoms with Gasteiger partial charge < -0.3 is 10.2 Å². The van der Waals surface area contributed by atoms with E-state index in [1.807, 2.05) is 6.08 Å². The van der Waals surface area contributed by atoms with Gasteiger partial charge in [-0.25, -0.2) is 0 Å². The minimum atomic E-state index is -1.51. The summed E-state index contributed by atoms with van der Waals surface area (Å²) in [7, 11) is 0. The Bertz CT molecular complexity index is 499. The largest absolute Gasteiger partial charge is 0.386 e. The third-order valence-electron chi connectivity index (χ3n) is 4.96. The van der Waals surface area contributed by atoms with E-state index in [1.165, 1.54) is 0 Å². The molecular formula is C20H35N2O7. The van der Waals surface area contributed by atoms with Gasteiger partial charge in [-0.2, -0.15) is 0 Å². The second-order valence-corrected chi connectivity index (χ2v) is 7.38. The monoisotopic (exact) mass is 415 g/mol. The topological polar surface area (TPSA) is 144 Å². The summed E-state index contributed by atoms with van der Waals surface area (Å²) >= 11 is 0. The Balaban J connectivity index is 4.63. The maximum atomic E-state index is 11.3. The smallest absolute Gasteiger partial charge is 0.245 e. The van der Waals surface area contributed by atoms with Crippen LogP contribution in [0.25, 0.3) is 0 Å². The van der Waals surface area contributed by atoms with Crippen molar-refractivity contribution in [2.45, 2.75) is 108 Å².